The molecule has 1 aromatic carbocycles. The molecule has 0 aliphatic carbocycles. The van der Waals surface area contributed by atoms with E-state index in [0.29, 0.717) is 17.5 Å². The molecule has 5 nitrogen and oxygen atoms in total. The fraction of sp³-hybridized carbons (Fsp3) is 0.143. The van der Waals surface area contributed by atoms with E-state index in [1.54, 1.807) is 18.3 Å². The van der Waals surface area contributed by atoms with Gasteiger partial charge in [0, 0.05) is 11.1 Å². The Morgan fingerprint density at radius 3 is 2.84 bits per heavy atom. The van der Waals surface area contributed by atoms with Gasteiger partial charge in [0.15, 0.2) is 6.29 Å². The molecule has 1 aromatic heterocycles. The van der Waals surface area contributed by atoms with Gasteiger partial charge in [-0.25, -0.2) is 9.78 Å². The summed E-state index contributed by atoms with van der Waals surface area (Å²) in [6, 6.07) is 3.53. The minimum absolute atomic E-state index is 0.282. The molecule has 5 heteroatoms. The zero-order valence-electron chi connectivity index (χ0n) is 10.2. The van der Waals surface area contributed by atoms with Crippen LogP contribution in [0.2, 0.25) is 0 Å². The molecule has 0 fully saturated rings. The van der Waals surface area contributed by atoms with Crippen molar-refractivity contribution in [1.82, 2.24) is 9.97 Å². The van der Waals surface area contributed by atoms with Crippen molar-refractivity contribution in [3.05, 3.63) is 46.9 Å². The van der Waals surface area contributed by atoms with Crippen LogP contribution in [0.5, 0.6) is 0 Å². The van der Waals surface area contributed by atoms with Crippen molar-refractivity contribution in [1.29, 1.82) is 0 Å². The Morgan fingerprint density at radius 2 is 2.05 bits per heavy atom. The summed E-state index contributed by atoms with van der Waals surface area (Å²) in [5, 5.41) is 0. The molecule has 0 spiro atoms. The third-order valence-electron chi connectivity index (χ3n) is 3.22. The van der Waals surface area contributed by atoms with Crippen molar-refractivity contribution >= 4 is 12.3 Å². The first-order chi connectivity index (χ1) is 9.20. The smallest absolute Gasteiger partial charge is 0.338 e. The topological polar surface area (TPSA) is 69.2 Å². The SMILES string of the molecule is Cc1c(-c2cncc(C=O)n2)ccc2c1COC2=O. The summed E-state index contributed by atoms with van der Waals surface area (Å²) < 4.78 is 5.01. The molecule has 0 unspecified atom stereocenters. The maximum absolute atomic E-state index is 11.5. The quantitative estimate of drug-likeness (QED) is 0.605. The van der Waals surface area contributed by atoms with Crippen LogP contribution in [-0.4, -0.2) is 22.2 Å². The number of carbonyl (C=O) groups excluding carboxylic acids is 2. The molecule has 0 atom stereocenters. The predicted octanol–water partition coefficient (Wildman–Crippen LogP) is 1.93. The van der Waals surface area contributed by atoms with Crippen molar-refractivity contribution < 1.29 is 14.3 Å². The Hall–Kier alpha value is -2.56. The number of benzene rings is 1. The summed E-state index contributed by atoms with van der Waals surface area (Å²) in [7, 11) is 0. The van der Waals surface area contributed by atoms with E-state index < -0.39 is 0 Å². The fourth-order valence-electron chi connectivity index (χ4n) is 2.19. The third kappa shape index (κ3) is 1.79. The lowest BCUT2D eigenvalue weighted by Gasteiger charge is -2.08. The van der Waals surface area contributed by atoms with Gasteiger partial charge >= 0.3 is 5.97 Å². The second-order valence-electron chi connectivity index (χ2n) is 4.29. The van der Waals surface area contributed by atoms with Gasteiger partial charge in [-0.3, -0.25) is 9.78 Å². The van der Waals surface area contributed by atoms with Crippen LogP contribution in [0, 0.1) is 6.92 Å². The summed E-state index contributed by atoms with van der Waals surface area (Å²) in [6.45, 7) is 2.19. The van der Waals surface area contributed by atoms with Crippen molar-refractivity contribution in [3.63, 3.8) is 0 Å². The van der Waals surface area contributed by atoms with E-state index in [1.807, 2.05) is 6.92 Å². The van der Waals surface area contributed by atoms with Gasteiger partial charge in [-0.2, -0.15) is 0 Å². The van der Waals surface area contributed by atoms with Crippen LogP contribution >= 0.6 is 0 Å². The van der Waals surface area contributed by atoms with Gasteiger partial charge in [-0.15, -0.1) is 0 Å². The number of carbonyl (C=O) groups is 2. The van der Waals surface area contributed by atoms with Gasteiger partial charge in [0.05, 0.1) is 23.7 Å². The Bertz CT molecular complexity index is 695. The molecule has 0 saturated heterocycles. The Labute approximate surface area is 109 Å². The summed E-state index contributed by atoms with van der Waals surface area (Å²) in [4.78, 5) is 30.4. The first-order valence-corrected chi connectivity index (χ1v) is 5.78. The van der Waals surface area contributed by atoms with E-state index in [0.717, 1.165) is 16.7 Å². The van der Waals surface area contributed by atoms with E-state index >= 15 is 0 Å². The largest absolute Gasteiger partial charge is 0.457 e. The van der Waals surface area contributed by atoms with Crippen LogP contribution in [0.1, 0.15) is 32.0 Å². The Morgan fingerprint density at radius 1 is 1.26 bits per heavy atom. The molecule has 0 bridgehead atoms. The number of ether oxygens (including phenoxy) is 1. The number of cyclic esters (lactones) is 1. The van der Waals surface area contributed by atoms with Crippen molar-refractivity contribution in [3.8, 4) is 11.3 Å². The summed E-state index contributed by atoms with van der Waals surface area (Å²) in [5.41, 5.74) is 4.16. The van der Waals surface area contributed by atoms with Crippen molar-refractivity contribution in [2.24, 2.45) is 0 Å². The Balaban J connectivity index is 2.16. The van der Waals surface area contributed by atoms with Crippen molar-refractivity contribution in [2.45, 2.75) is 13.5 Å². The zero-order chi connectivity index (χ0) is 13.4. The first kappa shape index (κ1) is 11.5. The number of aromatic nitrogens is 2. The summed E-state index contributed by atoms with van der Waals surface area (Å²) in [5.74, 6) is -0.294. The molecule has 1 aliphatic heterocycles. The number of esters is 1. The molecule has 2 aromatic rings. The first-order valence-electron chi connectivity index (χ1n) is 5.78. The lowest BCUT2D eigenvalue weighted by molar-refractivity contribution is 0.0535. The second-order valence-corrected chi connectivity index (χ2v) is 4.29. The highest BCUT2D eigenvalue weighted by molar-refractivity contribution is 5.95. The highest BCUT2D eigenvalue weighted by Crippen LogP contribution is 2.30. The lowest BCUT2D eigenvalue weighted by Crippen LogP contribution is -1.98. The van der Waals surface area contributed by atoms with E-state index in [-0.39, 0.29) is 18.3 Å². The van der Waals surface area contributed by atoms with Crippen LogP contribution in [0.3, 0.4) is 0 Å². The average Bonchev–Trinajstić information content (AvgIpc) is 2.82. The van der Waals surface area contributed by atoms with Crippen molar-refractivity contribution in [2.75, 3.05) is 0 Å². The highest BCUT2D eigenvalue weighted by atomic mass is 16.5. The average molecular weight is 254 g/mol. The summed E-state index contributed by atoms with van der Waals surface area (Å²) in [6.07, 6.45) is 3.66. The fourth-order valence-corrected chi connectivity index (χ4v) is 2.19. The molecule has 0 saturated carbocycles. The van der Waals surface area contributed by atoms with Crippen LogP contribution in [0.4, 0.5) is 0 Å². The molecule has 19 heavy (non-hydrogen) atoms. The van der Waals surface area contributed by atoms with Crippen LogP contribution in [0.25, 0.3) is 11.3 Å². The van der Waals surface area contributed by atoms with Gasteiger partial charge in [0.25, 0.3) is 0 Å². The van der Waals surface area contributed by atoms with E-state index in [2.05, 4.69) is 9.97 Å². The minimum atomic E-state index is -0.294. The Kier molecular flexibility index (Phi) is 2.59. The van der Waals surface area contributed by atoms with Gasteiger partial charge in [0.1, 0.15) is 12.3 Å². The van der Waals surface area contributed by atoms with E-state index in [1.165, 1.54) is 6.20 Å². The molecule has 0 radical (unpaired) electrons. The van der Waals surface area contributed by atoms with Gasteiger partial charge in [-0.1, -0.05) is 6.07 Å². The zero-order valence-corrected chi connectivity index (χ0v) is 10.2. The molecule has 0 amide bonds. The molecule has 94 valence electrons. The molecule has 1 aliphatic rings. The van der Waals surface area contributed by atoms with Gasteiger partial charge < -0.3 is 4.74 Å². The van der Waals surface area contributed by atoms with Crippen LogP contribution in [-0.2, 0) is 11.3 Å². The van der Waals surface area contributed by atoms with E-state index in [9.17, 15) is 9.59 Å². The number of rotatable bonds is 2. The summed E-state index contributed by atoms with van der Waals surface area (Å²) >= 11 is 0. The van der Waals surface area contributed by atoms with Gasteiger partial charge in [-0.05, 0) is 18.6 Å². The monoisotopic (exact) mass is 254 g/mol. The molecule has 2 heterocycles. The minimum Gasteiger partial charge on any atom is -0.457 e. The number of nitrogens with zero attached hydrogens (tertiary/aromatic N) is 2. The lowest BCUT2D eigenvalue weighted by atomic mass is 9.97. The molecular formula is C14H10N2O3. The number of hydrogen-bond donors (Lipinski definition) is 0. The molecule has 3 rings (SSSR count). The predicted molar refractivity (Wildman–Crippen MR) is 66.7 cm³/mol. The maximum atomic E-state index is 11.5. The maximum Gasteiger partial charge on any atom is 0.338 e. The number of fused-ring (bicyclic) bond motifs is 1. The molecule has 0 N–H and O–H groups in total. The third-order valence-corrected chi connectivity index (χ3v) is 3.22. The highest BCUT2D eigenvalue weighted by Gasteiger charge is 2.24. The number of hydrogen-bond acceptors (Lipinski definition) is 5. The normalized spacial score (nSPS) is 13.0. The standard InChI is InChI=1S/C14H10N2O3/c1-8-10(13-5-15-4-9(6-17)16-13)2-3-11-12(8)7-19-14(11)18/h2-6H,7H2,1H3. The molecular weight excluding hydrogens is 244 g/mol. The van der Waals surface area contributed by atoms with E-state index in [4.69, 9.17) is 4.74 Å². The number of aldehydes is 1. The second kappa shape index (κ2) is 4.28. The van der Waals surface area contributed by atoms with Crippen LogP contribution in [0.15, 0.2) is 24.5 Å². The van der Waals surface area contributed by atoms with Gasteiger partial charge in [0.2, 0.25) is 0 Å². The van der Waals surface area contributed by atoms with Crippen LogP contribution < -0.4 is 0 Å².